The fourth-order valence-corrected chi connectivity index (χ4v) is 9.31. The van der Waals surface area contributed by atoms with E-state index in [1.54, 1.807) is 96.3 Å². The van der Waals surface area contributed by atoms with Crippen molar-refractivity contribution in [2.75, 3.05) is 16.4 Å². The van der Waals surface area contributed by atoms with Crippen molar-refractivity contribution in [1.29, 1.82) is 0 Å². The van der Waals surface area contributed by atoms with E-state index in [9.17, 15) is 28.8 Å². The number of Topliss-reactive ketones (excluding diaryl/α,β-unsaturated/α-hetero) is 2. The van der Waals surface area contributed by atoms with Gasteiger partial charge in [-0.05, 0) is 90.6 Å². The van der Waals surface area contributed by atoms with Crippen molar-refractivity contribution >= 4 is 75.3 Å². The minimum atomic E-state index is -1.21. The molecule has 54 heavy (non-hydrogen) atoms. The van der Waals surface area contributed by atoms with E-state index in [1.807, 2.05) is 12.1 Å². The Hall–Kier alpha value is -5.39. The van der Waals surface area contributed by atoms with Crippen molar-refractivity contribution in [3.63, 3.8) is 0 Å². The highest BCUT2D eigenvalue weighted by Gasteiger charge is 2.42. The number of carbonyl (C=O) groups excluding carboxylic acids is 6. The first-order valence-electron chi connectivity index (χ1n) is 18.1. The smallest absolute Gasteiger partial charge is 0.266 e. The third-order valence-corrected chi connectivity index (χ3v) is 12.3. The van der Waals surface area contributed by atoms with E-state index in [0.717, 1.165) is 56.8 Å². The molecule has 3 aliphatic rings. The lowest BCUT2D eigenvalue weighted by molar-refractivity contribution is 0.0641. The highest BCUT2D eigenvalue weighted by molar-refractivity contribution is 7.99. The molecule has 3 heterocycles. The Morgan fingerprint density at radius 3 is 1.81 bits per heavy atom. The van der Waals surface area contributed by atoms with Gasteiger partial charge in [-0.3, -0.25) is 33.7 Å². The van der Waals surface area contributed by atoms with Crippen molar-refractivity contribution in [3.05, 3.63) is 130 Å². The van der Waals surface area contributed by atoms with Gasteiger partial charge >= 0.3 is 0 Å². The van der Waals surface area contributed by atoms with Crippen LogP contribution in [0.25, 0.3) is 10.9 Å². The van der Waals surface area contributed by atoms with Crippen LogP contribution < -0.4 is 4.90 Å². The average molecular weight is 754 g/mol. The summed E-state index contributed by atoms with van der Waals surface area (Å²) >= 11 is 3.26. The van der Waals surface area contributed by atoms with Crippen LogP contribution in [0.15, 0.2) is 94.7 Å². The number of carbonyl (C=O) groups is 6. The maximum Gasteiger partial charge on any atom is 0.266 e. The normalized spacial score (nSPS) is 16.2. The van der Waals surface area contributed by atoms with Crippen molar-refractivity contribution in [2.24, 2.45) is 0 Å². The molecule has 0 N–H and O–H groups in total. The Kier molecular flexibility index (Phi) is 9.53. The van der Waals surface area contributed by atoms with Crippen LogP contribution in [-0.2, 0) is 6.54 Å². The fraction of sp³-hybridized carbons (Fsp3) is 0.233. The Bertz CT molecular complexity index is 2430. The summed E-state index contributed by atoms with van der Waals surface area (Å²) in [5, 5.41) is 0.463. The molecule has 0 fully saturated rings. The number of hydrogen-bond acceptors (Lipinski definition) is 9. The molecule has 2 aliphatic heterocycles. The number of aromatic nitrogens is 1. The molecule has 1 unspecified atom stereocenters. The molecule has 5 aromatic rings. The van der Waals surface area contributed by atoms with E-state index in [4.69, 9.17) is 4.98 Å². The lowest BCUT2D eigenvalue weighted by Gasteiger charge is -2.21. The van der Waals surface area contributed by atoms with Gasteiger partial charge in [0, 0.05) is 26.3 Å². The molecule has 0 radical (unpaired) electrons. The van der Waals surface area contributed by atoms with Gasteiger partial charge in [0.15, 0.2) is 11.6 Å². The molecule has 270 valence electrons. The molecule has 0 saturated carbocycles. The van der Waals surface area contributed by atoms with E-state index in [-0.39, 0.29) is 46.1 Å². The summed E-state index contributed by atoms with van der Waals surface area (Å²) in [6.45, 7) is 4.13. The first kappa shape index (κ1) is 35.6. The van der Waals surface area contributed by atoms with Gasteiger partial charge in [0.05, 0.1) is 45.7 Å². The number of pyridine rings is 1. The van der Waals surface area contributed by atoms with E-state index in [0.29, 0.717) is 33.2 Å². The number of hydrogen-bond donors (Lipinski definition) is 0. The van der Waals surface area contributed by atoms with Gasteiger partial charge in [-0.25, -0.2) is 9.88 Å². The summed E-state index contributed by atoms with van der Waals surface area (Å²) in [6, 6.07) is 23.8. The summed E-state index contributed by atoms with van der Waals surface area (Å²) in [5.41, 5.74) is 2.94. The summed E-state index contributed by atoms with van der Waals surface area (Å²) in [7, 11) is 0. The number of ketones is 2. The zero-order valence-electron chi connectivity index (χ0n) is 29.7. The van der Waals surface area contributed by atoms with E-state index in [1.165, 1.54) is 0 Å². The minimum absolute atomic E-state index is 0.101. The Morgan fingerprint density at radius 2 is 1.17 bits per heavy atom. The van der Waals surface area contributed by atoms with Gasteiger partial charge in [-0.15, -0.1) is 23.5 Å². The molecule has 1 aromatic heterocycles. The van der Waals surface area contributed by atoms with Crippen molar-refractivity contribution in [3.8, 4) is 0 Å². The molecule has 4 amide bonds. The van der Waals surface area contributed by atoms with E-state index < -0.39 is 29.5 Å². The topological polar surface area (TPSA) is 122 Å². The van der Waals surface area contributed by atoms with Crippen LogP contribution in [0, 0.1) is 0 Å². The average Bonchev–Trinajstić information content (AvgIpc) is 3.69. The zero-order chi connectivity index (χ0) is 37.7. The zero-order valence-corrected chi connectivity index (χ0v) is 31.4. The number of unbranched alkanes of at least 4 members (excludes halogenated alkanes) is 2. The van der Waals surface area contributed by atoms with Crippen LogP contribution in [0.4, 0.5) is 5.69 Å². The maximum absolute atomic E-state index is 14.1. The van der Waals surface area contributed by atoms with Crippen LogP contribution in [0.3, 0.4) is 0 Å². The predicted octanol–water partition coefficient (Wildman–Crippen LogP) is 8.78. The number of anilines is 1. The van der Waals surface area contributed by atoms with Crippen LogP contribution in [0.1, 0.15) is 119 Å². The Morgan fingerprint density at radius 1 is 0.593 bits per heavy atom. The maximum atomic E-state index is 14.1. The molecule has 11 heteroatoms. The van der Waals surface area contributed by atoms with Gasteiger partial charge in [0.1, 0.15) is 5.92 Å². The number of rotatable bonds is 12. The quantitative estimate of drug-likeness (QED) is 0.0533. The van der Waals surface area contributed by atoms with Gasteiger partial charge in [0.25, 0.3) is 23.6 Å². The number of imide groups is 2. The Balaban J connectivity index is 1.20. The van der Waals surface area contributed by atoms with Crippen molar-refractivity contribution in [2.45, 2.75) is 61.8 Å². The molecule has 1 aliphatic carbocycles. The summed E-state index contributed by atoms with van der Waals surface area (Å²) in [5.74, 6) is -2.06. The highest BCUT2D eigenvalue weighted by Crippen LogP contribution is 2.40. The summed E-state index contributed by atoms with van der Waals surface area (Å²) in [6.07, 6.45) is 4.14. The second-order valence-electron chi connectivity index (χ2n) is 13.5. The number of amides is 4. The third-order valence-electron chi connectivity index (χ3n) is 10.1. The van der Waals surface area contributed by atoms with E-state index >= 15 is 0 Å². The molecule has 9 nitrogen and oxygen atoms in total. The molecule has 8 rings (SSSR count). The summed E-state index contributed by atoms with van der Waals surface area (Å²) in [4.78, 5) is 91.5. The molecule has 0 bridgehead atoms. The van der Waals surface area contributed by atoms with Crippen molar-refractivity contribution in [1.82, 2.24) is 9.88 Å². The standard InChI is InChI=1S/C43H35N3O6S2/c1-3-5-19-53-25-12-14-28-32(21-25)39(48)36(38(28)47)34-17-16-27-24(23-45-40(49)29-9-7-8-10-30(29)41(45)50)11-18-35(37(27)44-34)46-42(51)31-15-13-26(54-20-6-4-2)22-33(31)43(46)52/h7-18,21-22,36H,3-6,19-20,23H2,1-2H3. The highest BCUT2D eigenvalue weighted by atomic mass is 32.2. The van der Waals surface area contributed by atoms with Gasteiger partial charge in [-0.2, -0.15) is 0 Å². The number of fused-ring (bicyclic) bond motifs is 4. The van der Waals surface area contributed by atoms with Gasteiger partial charge in [0.2, 0.25) is 0 Å². The second-order valence-corrected chi connectivity index (χ2v) is 15.9. The molecular weight excluding hydrogens is 719 g/mol. The molecular formula is C43H35N3O6S2. The van der Waals surface area contributed by atoms with Gasteiger partial charge < -0.3 is 0 Å². The van der Waals surface area contributed by atoms with Crippen LogP contribution in [0.2, 0.25) is 0 Å². The molecule has 4 aromatic carbocycles. The molecule has 0 spiro atoms. The Labute approximate surface area is 320 Å². The van der Waals surface area contributed by atoms with E-state index in [2.05, 4.69) is 13.8 Å². The first-order valence-corrected chi connectivity index (χ1v) is 20.1. The SMILES string of the molecule is CCCCSc1ccc2c(c1)C(=O)C(c1ccc3c(CN4C(=O)c5ccccc5C4=O)ccc(N4C(=O)c5ccc(SCCCC)cc5C4=O)c3n1)C2=O. The fourth-order valence-electron chi connectivity index (χ4n) is 7.24. The number of thioether (sulfide) groups is 2. The lowest BCUT2D eigenvalue weighted by atomic mass is 9.97. The van der Waals surface area contributed by atoms with Crippen LogP contribution in [-0.4, -0.2) is 56.6 Å². The minimum Gasteiger partial charge on any atom is -0.293 e. The second kappa shape index (κ2) is 14.4. The predicted molar refractivity (Wildman–Crippen MR) is 209 cm³/mol. The number of benzene rings is 4. The first-order chi connectivity index (χ1) is 26.2. The van der Waals surface area contributed by atoms with Crippen LogP contribution >= 0.6 is 23.5 Å². The monoisotopic (exact) mass is 753 g/mol. The third kappa shape index (κ3) is 5.95. The summed E-state index contributed by atoms with van der Waals surface area (Å²) < 4.78 is 0. The number of nitrogens with zero attached hydrogens (tertiary/aromatic N) is 3. The largest absolute Gasteiger partial charge is 0.293 e. The van der Waals surface area contributed by atoms with Crippen LogP contribution in [0.5, 0.6) is 0 Å². The van der Waals surface area contributed by atoms with Gasteiger partial charge in [-0.1, -0.05) is 51.0 Å². The lowest BCUT2D eigenvalue weighted by Crippen LogP contribution is -2.31. The van der Waals surface area contributed by atoms with Crippen molar-refractivity contribution < 1.29 is 28.8 Å². The molecule has 1 atom stereocenters. The molecule has 0 saturated heterocycles.